The summed E-state index contributed by atoms with van der Waals surface area (Å²) in [5, 5.41) is 14.1. The second-order valence-electron chi connectivity index (χ2n) is 10.0. The minimum absolute atomic E-state index is 0.169. The first-order chi connectivity index (χ1) is 17.7. The standard InChI is InChI=1S/C24H31F6N5O3S/c1-12-7-6-8-35(12)21(37)18(33-13(2)20(36)32-11-22(4,5)38)19(39)15-10-31-17(9-16(15)24(28,29)30)34-14(3)23(25,26)27/h9-10,12,14,18,38H,6-8,11H2,1-5H3,(H,31,34)(H,32,36)/t12-,14-,18?/m0/s1. The highest BCUT2D eigenvalue weighted by atomic mass is 32.1. The Labute approximate surface area is 227 Å². The molecule has 2 amide bonds. The monoisotopic (exact) mass is 583 g/mol. The van der Waals surface area contributed by atoms with Gasteiger partial charge in [-0.2, -0.15) is 26.3 Å². The number of nitrogens with zero attached hydrogens (tertiary/aromatic N) is 3. The minimum Gasteiger partial charge on any atom is -0.389 e. The first-order valence-electron chi connectivity index (χ1n) is 12.0. The van der Waals surface area contributed by atoms with E-state index >= 15 is 0 Å². The molecule has 1 fully saturated rings. The van der Waals surface area contributed by atoms with Gasteiger partial charge in [-0.15, -0.1) is 0 Å². The average Bonchev–Trinajstić information content (AvgIpc) is 3.24. The van der Waals surface area contributed by atoms with Crippen LogP contribution >= 0.6 is 12.2 Å². The summed E-state index contributed by atoms with van der Waals surface area (Å²) in [6, 6.07) is -3.78. The number of halogens is 6. The van der Waals surface area contributed by atoms with Crippen molar-refractivity contribution in [2.75, 3.05) is 18.4 Å². The van der Waals surface area contributed by atoms with E-state index in [9.17, 15) is 41.0 Å². The number of rotatable bonds is 9. The summed E-state index contributed by atoms with van der Waals surface area (Å²) in [4.78, 5) is 34.6. The Balaban J connectivity index is 2.54. The number of carbonyl (C=O) groups is 2. The molecule has 1 aliphatic heterocycles. The van der Waals surface area contributed by atoms with Crippen molar-refractivity contribution in [2.45, 2.75) is 83.5 Å². The number of anilines is 1. The van der Waals surface area contributed by atoms with E-state index < -0.39 is 63.7 Å². The Hall–Kier alpha value is -2.81. The van der Waals surface area contributed by atoms with Gasteiger partial charge >= 0.3 is 12.4 Å². The van der Waals surface area contributed by atoms with Crippen molar-refractivity contribution in [3.05, 3.63) is 23.4 Å². The number of amides is 2. The Morgan fingerprint density at radius 1 is 1.26 bits per heavy atom. The van der Waals surface area contributed by atoms with Crippen molar-refractivity contribution in [3.8, 4) is 0 Å². The molecule has 1 saturated heterocycles. The molecule has 3 atom stereocenters. The van der Waals surface area contributed by atoms with E-state index in [2.05, 4.69) is 15.3 Å². The Morgan fingerprint density at radius 2 is 1.87 bits per heavy atom. The highest BCUT2D eigenvalue weighted by Gasteiger charge is 2.41. The number of likely N-dealkylation sites (tertiary alicyclic amines) is 1. The maximum absolute atomic E-state index is 14.0. The molecule has 0 aliphatic carbocycles. The van der Waals surface area contributed by atoms with Crippen LogP contribution in [-0.4, -0.2) is 80.4 Å². The lowest BCUT2D eigenvalue weighted by atomic mass is 10.00. The van der Waals surface area contributed by atoms with Gasteiger partial charge in [0.1, 0.15) is 11.9 Å². The molecule has 218 valence electrons. The lowest BCUT2D eigenvalue weighted by Crippen LogP contribution is -2.45. The molecule has 1 aromatic heterocycles. The summed E-state index contributed by atoms with van der Waals surface area (Å²) < 4.78 is 80.9. The number of thiocarbonyl (C=S) groups is 1. The lowest BCUT2D eigenvalue weighted by Gasteiger charge is -2.27. The zero-order valence-electron chi connectivity index (χ0n) is 22.0. The van der Waals surface area contributed by atoms with Crippen LogP contribution in [0.3, 0.4) is 0 Å². The van der Waals surface area contributed by atoms with E-state index in [1.54, 1.807) is 6.92 Å². The van der Waals surface area contributed by atoms with Gasteiger partial charge in [-0.3, -0.25) is 14.6 Å². The van der Waals surface area contributed by atoms with Crippen molar-refractivity contribution in [3.63, 3.8) is 0 Å². The first-order valence-corrected chi connectivity index (χ1v) is 12.4. The second-order valence-corrected chi connectivity index (χ2v) is 10.5. The van der Waals surface area contributed by atoms with E-state index in [1.165, 1.54) is 25.7 Å². The molecule has 1 aliphatic rings. The van der Waals surface area contributed by atoms with E-state index in [0.717, 1.165) is 6.92 Å². The predicted molar refractivity (Wildman–Crippen MR) is 137 cm³/mol. The minimum atomic E-state index is -5.07. The number of nitrogens with one attached hydrogen (secondary N) is 2. The molecule has 0 radical (unpaired) electrons. The summed E-state index contributed by atoms with van der Waals surface area (Å²) in [5.41, 5.74) is -3.67. The molecule has 0 aromatic carbocycles. The number of hydrogen-bond acceptors (Lipinski definition) is 7. The zero-order chi connectivity index (χ0) is 29.9. The van der Waals surface area contributed by atoms with Crippen molar-refractivity contribution >= 4 is 40.4 Å². The number of hydrogen-bond donors (Lipinski definition) is 3. The predicted octanol–water partition coefficient (Wildman–Crippen LogP) is 3.91. The third-order valence-corrected chi connectivity index (χ3v) is 6.42. The van der Waals surface area contributed by atoms with Gasteiger partial charge < -0.3 is 20.6 Å². The fourth-order valence-corrected chi connectivity index (χ4v) is 4.05. The van der Waals surface area contributed by atoms with Gasteiger partial charge in [0.2, 0.25) is 0 Å². The van der Waals surface area contributed by atoms with Crippen LogP contribution in [0.4, 0.5) is 32.2 Å². The normalized spacial score (nSPS) is 18.5. The third kappa shape index (κ3) is 8.85. The highest BCUT2D eigenvalue weighted by molar-refractivity contribution is 7.81. The van der Waals surface area contributed by atoms with Gasteiger partial charge in [-0.05, 0) is 53.5 Å². The van der Waals surface area contributed by atoms with E-state index in [4.69, 9.17) is 12.2 Å². The molecule has 15 heteroatoms. The van der Waals surface area contributed by atoms with Crippen LogP contribution in [0.1, 0.15) is 58.6 Å². The third-order valence-electron chi connectivity index (χ3n) is 5.98. The zero-order valence-corrected chi connectivity index (χ0v) is 22.8. The van der Waals surface area contributed by atoms with Crippen LogP contribution in [0.2, 0.25) is 0 Å². The smallest absolute Gasteiger partial charge is 0.389 e. The molecule has 39 heavy (non-hydrogen) atoms. The van der Waals surface area contributed by atoms with Gasteiger partial charge in [0.15, 0.2) is 6.04 Å². The molecular weight excluding hydrogens is 552 g/mol. The Morgan fingerprint density at radius 3 is 2.36 bits per heavy atom. The Kier molecular flexibility index (Phi) is 10.1. The molecule has 0 saturated carbocycles. The van der Waals surface area contributed by atoms with Gasteiger partial charge in [-0.1, -0.05) is 12.2 Å². The van der Waals surface area contributed by atoms with E-state index in [0.29, 0.717) is 31.6 Å². The number of alkyl halides is 6. The Bertz CT molecular complexity index is 1120. The highest BCUT2D eigenvalue weighted by Crippen LogP contribution is 2.35. The molecule has 1 unspecified atom stereocenters. The summed E-state index contributed by atoms with van der Waals surface area (Å²) in [5.74, 6) is -2.19. The number of aromatic nitrogens is 1. The molecule has 1 aromatic rings. The van der Waals surface area contributed by atoms with Crippen LogP contribution in [0.5, 0.6) is 0 Å². The first kappa shape index (κ1) is 32.4. The topological polar surface area (TPSA) is 107 Å². The fraction of sp³-hybridized carbons (Fsp3) is 0.625. The fourth-order valence-electron chi connectivity index (χ4n) is 3.74. The molecule has 2 rings (SSSR count). The quantitative estimate of drug-likeness (QED) is 0.176. The maximum atomic E-state index is 14.0. The number of carbonyl (C=O) groups excluding carboxylic acids is 2. The summed E-state index contributed by atoms with van der Waals surface area (Å²) >= 11 is 5.30. The summed E-state index contributed by atoms with van der Waals surface area (Å²) in [7, 11) is 0. The average molecular weight is 584 g/mol. The van der Waals surface area contributed by atoms with Crippen molar-refractivity contribution < 1.29 is 41.0 Å². The SMILES string of the molecule is CC(=NC(C(=O)N1CCC[C@@H]1C)C(=S)c1cnc(N[C@@H](C)C(F)(F)F)cc1C(F)(F)F)C(=O)NCC(C)(C)O. The van der Waals surface area contributed by atoms with Crippen LogP contribution in [0, 0.1) is 0 Å². The molecule has 3 N–H and O–H groups in total. The second kappa shape index (κ2) is 12.1. The number of aliphatic hydroxyl groups is 1. The van der Waals surface area contributed by atoms with E-state index in [1.807, 2.05) is 5.32 Å². The van der Waals surface area contributed by atoms with Gasteiger partial charge in [0, 0.05) is 30.9 Å². The molecule has 8 nitrogen and oxygen atoms in total. The molecule has 0 bridgehead atoms. The summed E-state index contributed by atoms with van der Waals surface area (Å²) in [6.07, 6.45) is -7.88. The largest absolute Gasteiger partial charge is 0.417 e. The van der Waals surface area contributed by atoms with Crippen LogP contribution in [0.15, 0.2) is 17.3 Å². The van der Waals surface area contributed by atoms with Gasteiger partial charge in [0.25, 0.3) is 11.8 Å². The van der Waals surface area contributed by atoms with Gasteiger partial charge in [-0.25, -0.2) is 4.98 Å². The maximum Gasteiger partial charge on any atom is 0.417 e. The van der Waals surface area contributed by atoms with Crippen molar-refractivity contribution in [1.82, 2.24) is 15.2 Å². The number of pyridine rings is 1. The van der Waals surface area contributed by atoms with E-state index in [-0.39, 0.29) is 18.3 Å². The lowest BCUT2D eigenvalue weighted by molar-refractivity contribution is -0.138. The molecule has 0 spiro atoms. The van der Waals surface area contributed by atoms with Crippen LogP contribution in [0.25, 0.3) is 0 Å². The van der Waals surface area contributed by atoms with Gasteiger partial charge in [0.05, 0.1) is 21.7 Å². The molecular formula is C24H31F6N5O3S. The number of aliphatic imine (C=N–C) groups is 1. The van der Waals surface area contributed by atoms with Crippen LogP contribution in [-0.2, 0) is 15.8 Å². The van der Waals surface area contributed by atoms with Crippen molar-refractivity contribution in [2.24, 2.45) is 4.99 Å². The summed E-state index contributed by atoms with van der Waals surface area (Å²) in [6.45, 7) is 6.73. The van der Waals surface area contributed by atoms with Crippen LogP contribution < -0.4 is 10.6 Å². The molecule has 2 heterocycles. The van der Waals surface area contributed by atoms with Crippen molar-refractivity contribution in [1.29, 1.82) is 0 Å².